The smallest absolute Gasteiger partial charge is 0.252 e. The van der Waals surface area contributed by atoms with Crippen LogP contribution in [-0.4, -0.2) is 29.1 Å². The summed E-state index contributed by atoms with van der Waals surface area (Å²) in [6, 6.07) is 2.20. The summed E-state index contributed by atoms with van der Waals surface area (Å²) in [5.41, 5.74) is 5.76. The molecule has 5 nitrogen and oxygen atoms in total. The van der Waals surface area contributed by atoms with Crippen LogP contribution < -0.4 is 16.2 Å². The minimum Gasteiger partial charge on any atom is -0.342 e. The van der Waals surface area contributed by atoms with Crippen molar-refractivity contribution in [2.45, 2.75) is 37.8 Å². The molecule has 0 aromatic carbocycles. The van der Waals surface area contributed by atoms with Gasteiger partial charge in [0.2, 0.25) is 5.95 Å². The van der Waals surface area contributed by atoms with Gasteiger partial charge < -0.3 is 10.6 Å². The van der Waals surface area contributed by atoms with Crippen molar-refractivity contribution in [3.63, 3.8) is 0 Å². The lowest BCUT2D eigenvalue weighted by Gasteiger charge is -2.33. The molecule has 0 amide bonds. The fourth-order valence-electron chi connectivity index (χ4n) is 2.20. The molecular weight excluding hydrogens is 204 g/mol. The number of nitrogens with zero attached hydrogens (tertiary/aromatic N) is 2. The maximum Gasteiger partial charge on any atom is 0.252 e. The maximum absolute atomic E-state index is 11.2. The van der Waals surface area contributed by atoms with Crippen molar-refractivity contribution in [3.8, 4) is 0 Å². The second-order valence-electron chi connectivity index (χ2n) is 4.44. The Morgan fingerprint density at radius 2 is 2.12 bits per heavy atom. The van der Waals surface area contributed by atoms with Gasteiger partial charge in [0.05, 0.1) is 0 Å². The third kappa shape index (κ3) is 2.41. The summed E-state index contributed by atoms with van der Waals surface area (Å²) >= 11 is 0. The number of nitrogens with one attached hydrogen (secondary N) is 1. The van der Waals surface area contributed by atoms with Crippen LogP contribution in [0.1, 0.15) is 25.7 Å². The molecule has 0 radical (unpaired) electrons. The number of hydrogen-bond donors (Lipinski definition) is 2. The zero-order chi connectivity index (χ0) is 11.5. The van der Waals surface area contributed by atoms with E-state index in [4.69, 9.17) is 5.73 Å². The predicted molar refractivity (Wildman–Crippen MR) is 63.5 cm³/mol. The van der Waals surface area contributed by atoms with Crippen molar-refractivity contribution in [1.29, 1.82) is 0 Å². The molecule has 1 fully saturated rings. The largest absolute Gasteiger partial charge is 0.342 e. The molecule has 1 aliphatic carbocycles. The van der Waals surface area contributed by atoms with Crippen LogP contribution in [0.25, 0.3) is 0 Å². The van der Waals surface area contributed by atoms with Gasteiger partial charge >= 0.3 is 0 Å². The first-order chi connectivity index (χ1) is 7.66. The van der Waals surface area contributed by atoms with E-state index < -0.39 is 0 Å². The van der Waals surface area contributed by atoms with Gasteiger partial charge in [0.25, 0.3) is 5.56 Å². The van der Waals surface area contributed by atoms with Crippen LogP contribution in [0.15, 0.2) is 17.1 Å². The van der Waals surface area contributed by atoms with Crippen molar-refractivity contribution in [2.75, 3.05) is 11.9 Å². The fraction of sp³-hybridized carbons (Fsp3) is 0.636. The van der Waals surface area contributed by atoms with Crippen molar-refractivity contribution in [1.82, 2.24) is 9.97 Å². The number of hydrogen-bond acceptors (Lipinski definition) is 4. The molecule has 0 saturated heterocycles. The number of nitrogens with two attached hydrogens (primary N) is 1. The molecule has 1 aliphatic rings. The molecule has 0 atom stereocenters. The van der Waals surface area contributed by atoms with Crippen LogP contribution in [0, 0.1) is 0 Å². The van der Waals surface area contributed by atoms with Gasteiger partial charge in [-0.05, 0) is 25.7 Å². The van der Waals surface area contributed by atoms with E-state index in [1.54, 1.807) is 6.20 Å². The van der Waals surface area contributed by atoms with Crippen LogP contribution in [-0.2, 0) is 0 Å². The topological polar surface area (TPSA) is 75.0 Å². The van der Waals surface area contributed by atoms with Gasteiger partial charge in [-0.3, -0.25) is 9.78 Å². The summed E-state index contributed by atoms with van der Waals surface area (Å²) in [5.74, 6) is 0.646. The van der Waals surface area contributed by atoms with Gasteiger partial charge in [0.1, 0.15) is 0 Å². The Hall–Kier alpha value is -1.36. The van der Waals surface area contributed by atoms with E-state index in [1.165, 1.54) is 6.07 Å². The van der Waals surface area contributed by atoms with E-state index >= 15 is 0 Å². The minimum absolute atomic E-state index is 0.107. The lowest BCUT2D eigenvalue weighted by atomic mass is 9.91. The van der Waals surface area contributed by atoms with Gasteiger partial charge in [0, 0.05) is 31.4 Å². The summed E-state index contributed by atoms with van der Waals surface area (Å²) in [5, 5.41) is 0. The maximum atomic E-state index is 11.2. The Morgan fingerprint density at radius 3 is 2.75 bits per heavy atom. The van der Waals surface area contributed by atoms with E-state index in [0.717, 1.165) is 25.7 Å². The molecular formula is C11H18N4O. The number of rotatable bonds is 2. The lowest BCUT2D eigenvalue weighted by Crippen LogP contribution is -2.40. The summed E-state index contributed by atoms with van der Waals surface area (Å²) in [6.45, 7) is 0. The van der Waals surface area contributed by atoms with E-state index in [9.17, 15) is 4.79 Å². The van der Waals surface area contributed by atoms with Gasteiger partial charge in [-0.15, -0.1) is 0 Å². The molecule has 0 spiro atoms. The normalized spacial score (nSPS) is 25.4. The minimum atomic E-state index is -0.107. The average molecular weight is 222 g/mol. The predicted octanol–water partition coefficient (Wildman–Crippen LogP) is 0.476. The van der Waals surface area contributed by atoms with Gasteiger partial charge in [-0.1, -0.05) is 0 Å². The fourth-order valence-corrected chi connectivity index (χ4v) is 2.20. The van der Waals surface area contributed by atoms with Gasteiger partial charge in [-0.25, -0.2) is 4.98 Å². The first-order valence-corrected chi connectivity index (χ1v) is 5.70. The molecule has 1 saturated carbocycles. The zero-order valence-corrected chi connectivity index (χ0v) is 9.52. The van der Waals surface area contributed by atoms with Crippen LogP contribution in [0.4, 0.5) is 5.95 Å². The number of aromatic nitrogens is 2. The van der Waals surface area contributed by atoms with Gasteiger partial charge in [0.15, 0.2) is 0 Å². The summed E-state index contributed by atoms with van der Waals surface area (Å²) in [4.78, 5) is 20.2. The molecule has 0 unspecified atom stereocenters. The highest BCUT2D eigenvalue weighted by atomic mass is 16.1. The lowest BCUT2D eigenvalue weighted by molar-refractivity contribution is 0.382. The quantitative estimate of drug-likeness (QED) is 0.763. The van der Waals surface area contributed by atoms with Crippen LogP contribution in [0.2, 0.25) is 0 Å². The molecule has 1 aromatic rings. The standard InChI is InChI=1S/C11H18N4O/c1-15(9-4-2-8(12)3-5-9)11-13-7-6-10(16)14-11/h6-9H,2-5,12H2,1H3,(H,13,14,16). The van der Waals surface area contributed by atoms with E-state index in [-0.39, 0.29) is 5.56 Å². The van der Waals surface area contributed by atoms with E-state index in [2.05, 4.69) is 9.97 Å². The average Bonchev–Trinajstić information content (AvgIpc) is 2.29. The first-order valence-electron chi connectivity index (χ1n) is 5.70. The van der Waals surface area contributed by atoms with Crippen molar-refractivity contribution < 1.29 is 0 Å². The Balaban J connectivity index is 2.07. The van der Waals surface area contributed by atoms with Crippen LogP contribution in [0.5, 0.6) is 0 Å². The van der Waals surface area contributed by atoms with Crippen LogP contribution >= 0.6 is 0 Å². The molecule has 3 N–H and O–H groups in total. The Labute approximate surface area is 94.7 Å². The highest BCUT2D eigenvalue weighted by molar-refractivity contribution is 5.28. The number of aromatic amines is 1. The molecule has 0 aliphatic heterocycles. The first kappa shape index (κ1) is 11.1. The zero-order valence-electron chi connectivity index (χ0n) is 9.52. The highest BCUT2D eigenvalue weighted by Gasteiger charge is 2.22. The third-order valence-corrected chi connectivity index (χ3v) is 3.28. The highest BCUT2D eigenvalue weighted by Crippen LogP contribution is 2.22. The molecule has 16 heavy (non-hydrogen) atoms. The number of H-pyrrole nitrogens is 1. The molecule has 0 bridgehead atoms. The summed E-state index contributed by atoms with van der Waals surface area (Å²) in [7, 11) is 1.97. The second kappa shape index (κ2) is 4.65. The van der Waals surface area contributed by atoms with E-state index in [0.29, 0.717) is 18.0 Å². The van der Waals surface area contributed by atoms with Crippen molar-refractivity contribution in [2.24, 2.45) is 5.73 Å². The monoisotopic (exact) mass is 222 g/mol. The van der Waals surface area contributed by atoms with Crippen molar-refractivity contribution >= 4 is 5.95 Å². The van der Waals surface area contributed by atoms with Crippen molar-refractivity contribution in [3.05, 3.63) is 22.6 Å². The molecule has 1 aromatic heterocycles. The summed E-state index contributed by atoms with van der Waals surface area (Å²) < 4.78 is 0. The Morgan fingerprint density at radius 1 is 1.44 bits per heavy atom. The van der Waals surface area contributed by atoms with E-state index in [1.807, 2.05) is 11.9 Å². The Bertz CT molecular complexity index is 395. The molecule has 88 valence electrons. The second-order valence-corrected chi connectivity index (χ2v) is 4.44. The SMILES string of the molecule is CN(c1nccc(=O)[nH]1)C1CCC(N)CC1. The molecule has 1 heterocycles. The third-order valence-electron chi connectivity index (χ3n) is 3.28. The molecule has 2 rings (SSSR count). The van der Waals surface area contributed by atoms with Gasteiger partial charge in [-0.2, -0.15) is 0 Å². The molecule has 5 heteroatoms. The number of anilines is 1. The Kier molecular flexibility index (Phi) is 3.24. The summed E-state index contributed by atoms with van der Waals surface area (Å²) in [6.07, 6.45) is 5.77. The van der Waals surface area contributed by atoms with Crippen LogP contribution in [0.3, 0.4) is 0 Å².